The molecular weight excluding hydrogens is 250 g/mol. The molecule has 108 valence electrons. The standard InChI is InChI=1S/C17H23NO2/c1-4-7-14(3)17(20)18-16-10-9-13(2)12-15(16)8-5-6-11-19/h9-10,12,14,19H,4,6-7,11H2,1-3H3,(H,18,20). The minimum absolute atomic E-state index is 0.000413. The first-order valence-corrected chi connectivity index (χ1v) is 7.09. The van der Waals surface area contributed by atoms with Crippen molar-refractivity contribution in [2.45, 2.75) is 40.0 Å². The van der Waals surface area contributed by atoms with E-state index in [9.17, 15) is 4.79 Å². The Morgan fingerprint density at radius 1 is 1.45 bits per heavy atom. The van der Waals surface area contributed by atoms with Crippen LogP contribution in [0.4, 0.5) is 5.69 Å². The molecule has 3 nitrogen and oxygen atoms in total. The first-order chi connectivity index (χ1) is 9.58. The second kappa shape index (κ2) is 8.39. The first kappa shape index (κ1) is 16.3. The molecule has 0 aliphatic heterocycles. The fraction of sp³-hybridized carbons (Fsp3) is 0.471. The molecule has 0 saturated heterocycles. The summed E-state index contributed by atoms with van der Waals surface area (Å²) in [5.41, 5.74) is 2.64. The zero-order valence-corrected chi connectivity index (χ0v) is 12.5. The molecule has 1 atom stereocenters. The number of aryl methyl sites for hydroxylation is 1. The minimum Gasteiger partial charge on any atom is -0.395 e. The number of anilines is 1. The molecule has 1 rings (SSSR count). The van der Waals surface area contributed by atoms with E-state index in [1.54, 1.807) is 0 Å². The molecule has 0 heterocycles. The molecule has 1 aromatic carbocycles. The summed E-state index contributed by atoms with van der Waals surface area (Å²) in [6.07, 6.45) is 2.31. The second-order valence-electron chi connectivity index (χ2n) is 5.00. The number of aliphatic hydroxyl groups is 1. The summed E-state index contributed by atoms with van der Waals surface area (Å²) in [7, 11) is 0. The van der Waals surface area contributed by atoms with E-state index >= 15 is 0 Å². The van der Waals surface area contributed by atoms with Gasteiger partial charge in [0.1, 0.15) is 0 Å². The van der Waals surface area contributed by atoms with Gasteiger partial charge in [-0.05, 0) is 31.0 Å². The summed E-state index contributed by atoms with van der Waals surface area (Å²) < 4.78 is 0. The van der Waals surface area contributed by atoms with Crippen LogP contribution in [0.5, 0.6) is 0 Å². The van der Waals surface area contributed by atoms with Gasteiger partial charge in [0, 0.05) is 17.9 Å². The smallest absolute Gasteiger partial charge is 0.227 e. The van der Waals surface area contributed by atoms with Crippen LogP contribution in [0.2, 0.25) is 0 Å². The number of carbonyl (C=O) groups is 1. The van der Waals surface area contributed by atoms with E-state index in [0.717, 1.165) is 29.7 Å². The molecule has 3 heteroatoms. The number of benzene rings is 1. The van der Waals surface area contributed by atoms with Crippen LogP contribution in [-0.2, 0) is 4.79 Å². The Hall–Kier alpha value is -1.79. The lowest BCUT2D eigenvalue weighted by Crippen LogP contribution is -2.20. The van der Waals surface area contributed by atoms with Gasteiger partial charge < -0.3 is 10.4 Å². The Bertz CT molecular complexity index is 511. The van der Waals surface area contributed by atoms with Gasteiger partial charge in [-0.1, -0.05) is 38.2 Å². The highest BCUT2D eigenvalue weighted by atomic mass is 16.2. The highest BCUT2D eigenvalue weighted by molar-refractivity contribution is 5.93. The van der Waals surface area contributed by atoms with Crippen LogP contribution in [0.3, 0.4) is 0 Å². The molecule has 0 bridgehead atoms. The van der Waals surface area contributed by atoms with Gasteiger partial charge in [-0.3, -0.25) is 4.79 Å². The average molecular weight is 273 g/mol. The highest BCUT2D eigenvalue weighted by Gasteiger charge is 2.13. The van der Waals surface area contributed by atoms with Crippen molar-refractivity contribution < 1.29 is 9.90 Å². The fourth-order valence-electron chi connectivity index (χ4n) is 1.90. The Balaban J connectivity index is 2.89. The number of hydrogen-bond donors (Lipinski definition) is 2. The predicted octanol–water partition coefficient (Wildman–Crippen LogP) is 3.10. The van der Waals surface area contributed by atoms with E-state index < -0.39 is 0 Å². The van der Waals surface area contributed by atoms with Crippen molar-refractivity contribution >= 4 is 11.6 Å². The Morgan fingerprint density at radius 3 is 2.85 bits per heavy atom. The average Bonchev–Trinajstić information content (AvgIpc) is 2.42. The van der Waals surface area contributed by atoms with Crippen LogP contribution in [0.15, 0.2) is 18.2 Å². The molecule has 0 fully saturated rings. The van der Waals surface area contributed by atoms with E-state index in [0.29, 0.717) is 6.42 Å². The van der Waals surface area contributed by atoms with Crippen LogP contribution in [0.25, 0.3) is 0 Å². The van der Waals surface area contributed by atoms with Crippen LogP contribution in [0.1, 0.15) is 44.2 Å². The van der Waals surface area contributed by atoms with Gasteiger partial charge in [0.2, 0.25) is 5.91 Å². The molecule has 0 aliphatic rings. The minimum atomic E-state index is -0.000413. The third-order valence-electron chi connectivity index (χ3n) is 3.06. The monoisotopic (exact) mass is 273 g/mol. The van der Waals surface area contributed by atoms with Crippen molar-refractivity contribution in [1.82, 2.24) is 0 Å². The summed E-state index contributed by atoms with van der Waals surface area (Å²) >= 11 is 0. The van der Waals surface area contributed by atoms with Crippen molar-refractivity contribution in [2.24, 2.45) is 5.92 Å². The topological polar surface area (TPSA) is 49.3 Å². The van der Waals surface area contributed by atoms with Gasteiger partial charge in [0.05, 0.1) is 12.3 Å². The lowest BCUT2D eigenvalue weighted by atomic mass is 10.0. The van der Waals surface area contributed by atoms with Crippen LogP contribution < -0.4 is 5.32 Å². The first-order valence-electron chi connectivity index (χ1n) is 7.09. The van der Waals surface area contributed by atoms with Crippen molar-refractivity contribution in [3.05, 3.63) is 29.3 Å². The van der Waals surface area contributed by atoms with Crippen molar-refractivity contribution in [3.63, 3.8) is 0 Å². The van der Waals surface area contributed by atoms with E-state index in [2.05, 4.69) is 24.1 Å². The number of carbonyl (C=O) groups excluding carboxylic acids is 1. The lowest BCUT2D eigenvalue weighted by Gasteiger charge is -2.13. The predicted molar refractivity (Wildman–Crippen MR) is 82.5 cm³/mol. The summed E-state index contributed by atoms with van der Waals surface area (Å²) in [5, 5.41) is 11.7. The third-order valence-corrected chi connectivity index (χ3v) is 3.06. The Morgan fingerprint density at radius 2 is 2.20 bits per heavy atom. The van der Waals surface area contributed by atoms with E-state index in [1.165, 1.54) is 0 Å². The van der Waals surface area contributed by atoms with E-state index in [1.807, 2.05) is 32.0 Å². The number of aliphatic hydroxyl groups excluding tert-OH is 1. The highest BCUT2D eigenvalue weighted by Crippen LogP contribution is 2.18. The lowest BCUT2D eigenvalue weighted by molar-refractivity contribution is -0.119. The van der Waals surface area contributed by atoms with Gasteiger partial charge in [-0.2, -0.15) is 0 Å². The summed E-state index contributed by atoms with van der Waals surface area (Å²) in [4.78, 5) is 12.1. The number of nitrogens with one attached hydrogen (secondary N) is 1. The van der Waals surface area contributed by atoms with Gasteiger partial charge in [-0.15, -0.1) is 0 Å². The maximum atomic E-state index is 12.1. The maximum Gasteiger partial charge on any atom is 0.227 e. The molecule has 1 aromatic rings. The number of rotatable bonds is 5. The molecule has 0 aliphatic carbocycles. The van der Waals surface area contributed by atoms with Crippen molar-refractivity contribution in [2.75, 3.05) is 11.9 Å². The third kappa shape index (κ3) is 5.07. The zero-order valence-electron chi connectivity index (χ0n) is 12.5. The Kier molecular flexibility index (Phi) is 6.83. The number of hydrogen-bond acceptors (Lipinski definition) is 2. The summed E-state index contributed by atoms with van der Waals surface area (Å²) in [6, 6.07) is 5.79. The molecule has 0 saturated carbocycles. The van der Waals surface area contributed by atoms with Crippen LogP contribution in [-0.4, -0.2) is 17.6 Å². The van der Waals surface area contributed by atoms with E-state index in [-0.39, 0.29) is 18.4 Å². The Labute approximate surface area is 121 Å². The molecule has 0 aromatic heterocycles. The molecule has 0 radical (unpaired) electrons. The van der Waals surface area contributed by atoms with Gasteiger partial charge in [0.25, 0.3) is 0 Å². The molecule has 20 heavy (non-hydrogen) atoms. The molecular formula is C17H23NO2. The summed E-state index contributed by atoms with van der Waals surface area (Å²) in [5.74, 6) is 5.93. The van der Waals surface area contributed by atoms with Gasteiger partial charge in [-0.25, -0.2) is 0 Å². The van der Waals surface area contributed by atoms with Crippen molar-refractivity contribution in [3.8, 4) is 11.8 Å². The molecule has 2 N–H and O–H groups in total. The normalized spacial score (nSPS) is 11.4. The number of amides is 1. The van der Waals surface area contributed by atoms with E-state index in [4.69, 9.17) is 5.11 Å². The molecule has 0 spiro atoms. The summed E-state index contributed by atoms with van der Waals surface area (Å²) in [6.45, 7) is 6.04. The second-order valence-corrected chi connectivity index (χ2v) is 5.00. The van der Waals surface area contributed by atoms with Crippen LogP contribution in [0, 0.1) is 24.7 Å². The largest absolute Gasteiger partial charge is 0.395 e. The van der Waals surface area contributed by atoms with Crippen LogP contribution >= 0.6 is 0 Å². The maximum absolute atomic E-state index is 12.1. The molecule has 1 unspecified atom stereocenters. The van der Waals surface area contributed by atoms with Crippen molar-refractivity contribution in [1.29, 1.82) is 0 Å². The quantitative estimate of drug-likeness (QED) is 0.810. The SMILES string of the molecule is CCCC(C)C(=O)Nc1ccc(C)cc1C#CCCO. The van der Waals surface area contributed by atoms with Gasteiger partial charge >= 0.3 is 0 Å². The molecule has 1 amide bonds. The van der Waals surface area contributed by atoms with Gasteiger partial charge in [0.15, 0.2) is 0 Å². The fourth-order valence-corrected chi connectivity index (χ4v) is 1.90. The zero-order chi connectivity index (χ0) is 15.0.